The molecule has 0 saturated heterocycles. The Morgan fingerprint density at radius 1 is 0.817 bits per heavy atom. The third kappa shape index (κ3) is 17.4. The molecule has 4 aromatic rings. The number of pyridine rings is 2. The van der Waals surface area contributed by atoms with Crippen LogP contribution in [0.3, 0.4) is 0 Å². The predicted molar refractivity (Wildman–Crippen MR) is 250 cm³/mol. The molecule has 0 radical (unpaired) electrons. The van der Waals surface area contributed by atoms with Crippen molar-refractivity contribution in [2.75, 3.05) is 6.54 Å². The van der Waals surface area contributed by atoms with E-state index in [1.165, 1.54) is 113 Å². The quantitative estimate of drug-likeness (QED) is 0.0436. The zero-order valence-electron chi connectivity index (χ0n) is 34.0. The van der Waals surface area contributed by atoms with Crippen LogP contribution < -0.4 is 0 Å². The monoisotopic (exact) mass is 947 g/mol. The number of hydrogen-bond donors (Lipinski definition) is 2. The first-order valence-corrected chi connectivity index (χ1v) is 22.0. The molecule has 0 spiro atoms. The SMILES string of the molecule is CCCCCCc1ccc(/C=C/c2ccnc(-c3cc(/C=C/c4ccc(CCCCCC)s4)ccn3)c2)s1.O=C(O)C1=CC(C2=NCCC(C(=O)O)=C2)[N-]C=C1.[N-]=C=S.[Ru+2]. The standard InChI is InChI=1S/C34H40N2S2.C12H11N2O4.CNS.Ru/c1-3-5-7-9-11-29-17-19-31(37-29)15-13-27-21-23-35-33(25-27)34-26-28(22-24-36-34)14-16-32-20-18-30(38-32)12-10-8-6-4-2;15-11(16)7-1-3-13-9(5-7)10-6-8(12(17)18)2-4-14-10;2-1-3;/h13-26H,3-12H2,1-2H3;1,3,5-6,9H,2,4H2,(H,15,16)(H,17,18);;/q;2*-1;+2/b15-13+,16-14+;;;. The molecular formula is C47H51N5O4RuS3. The van der Waals surface area contributed by atoms with Crippen LogP contribution in [-0.4, -0.2) is 55.6 Å². The van der Waals surface area contributed by atoms with E-state index in [9.17, 15) is 9.59 Å². The molecule has 0 bridgehead atoms. The van der Waals surface area contributed by atoms with E-state index in [2.05, 4.69) is 119 Å². The summed E-state index contributed by atoms with van der Waals surface area (Å²) < 4.78 is 0. The van der Waals surface area contributed by atoms with Crippen molar-refractivity contribution in [2.45, 2.75) is 90.5 Å². The van der Waals surface area contributed by atoms with Crippen LogP contribution >= 0.6 is 34.9 Å². The first-order valence-electron chi connectivity index (χ1n) is 20.0. The molecule has 4 aromatic heterocycles. The summed E-state index contributed by atoms with van der Waals surface area (Å²) in [4.78, 5) is 40.7. The van der Waals surface area contributed by atoms with Gasteiger partial charge in [-0.05, 0) is 110 Å². The van der Waals surface area contributed by atoms with Crippen molar-refractivity contribution in [1.29, 1.82) is 0 Å². The van der Waals surface area contributed by atoms with Crippen LogP contribution in [0.1, 0.15) is 102 Å². The van der Waals surface area contributed by atoms with Gasteiger partial charge in [-0.3, -0.25) is 15.0 Å². The van der Waals surface area contributed by atoms with Gasteiger partial charge in [-0.25, -0.2) is 9.59 Å². The molecule has 314 valence electrons. The summed E-state index contributed by atoms with van der Waals surface area (Å²) in [6, 6.07) is 16.9. The second-order valence-electron chi connectivity index (χ2n) is 13.8. The number of carbonyl (C=O) groups is 2. The molecule has 0 aromatic carbocycles. The van der Waals surface area contributed by atoms with E-state index in [0.29, 0.717) is 18.7 Å². The molecule has 0 fully saturated rings. The molecule has 13 heteroatoms. The van der Waals surface area contributed by atoms with Gasteiger partial charge < -0.3 is 20.9 Å². The van der Waals surface area contributed by atoms with Crippen LogP contribution in [0, 0.1) is 0 Å². The number of thiocarbonyl (C=S) groups is 1. The van der Waals surface area contributed by atoms with Crippen LogP contribution in [-0.2, 0) is 41.9 Å². The van der Waals surface area contributed by atoms with Gasteiger partial charge in [-0.1, -0.05) is 94.9 Å². The van der Waals surface area contributed by atoms with Gasteiger partial charge in [0, 0.05) is 49.7 Å². The Balaban J connectivity index is 0.000000364. The Labute approximate surface area is 380 Å². The number of carboxylic acids is 2. The fourth-order valence-corrected chi connectivity index (χ4v) is 8.08. The summed E-state index contributed by atoms with van der Waals surface area (Å²) in [7, 11) is 0. The largest absolute Gasteiger partial charge is 2.00 e. The maximum Gasteiger partial charge on any atom is 2.00 e. The minimum Gasteiger partial charge on any atom is -0.753 e. The molecule has 6 rings (SSSR count). The van der Waals surface area contributed by atoms with Crippen LogP contribution in [0.15, 0.2) is 101 Å². The maximum absolute atomic E-state index is 10.9. The summed E-state index contributed by atoms with van der Waals surface area (Å²) in [6.07, 6.45) is 31.5. The Hall–Kier alpha value is -4.77. The first-order chi connectivity index (χ1) is 28.7. The number of carboxylic acid groups (broad SMARTS) is 2. The number of thiophene rings is 2. The zero-order valence-corrected chi connectivity index (χ0v) is 38.2. The van der Waals surface area contributed by atoms with Crippen molar-refractivity contribution in [2.24, 2.45) is 4.99 Å². The Morgan fingerprint density at radius 2 is 1.35 bits per heavy atom. The van der Waals surface area contributed by atoms with Gasteiger partial charge in [0.25, 0.3) is 0 Å². The van der Waals surface area contributed by atoms with E-state index >= 15 is 0 Å². The van der Waals surface area contributed by atoms with Gasteiger partial charge >= 0.3 is 31.4 Å². The molecule has 0 saturated carbocycles. The van der Waals surface area contributed by atoms with Crippen molar-refractivity contribution in [3.63, 3.8) is 0 Å². The Morgan fingerprint density at radius 3 is 1.83 bits per heavy atom. The maximum atomic E-state index is 10.9. The molecule has 9 nitrogen and oxygen atoms in total. The number of aliphatic carboxylic acids is 2. The number of isothiocyanates is 1. The number of dihydropyridines is 1. The van der Waals surface area contributed by atoms with Gasteiger partial charge in [0.2, 0.25) is 0 Å². The molecule has 1 atom stereocenters. The Kier molecular flexibility index (Phi) is 23.1. The molecule has 0 amide bonds. The molecular weight excluding hydrogens is 896 g/mol. The topological polar surface area (TPSA) is 149 Å². The van der Waals surface area contributed by atoms with Gasteiger partial charge in [0.1, 0.15) is 0 Å². The van der Waals surface area contributed by atoms with E-state index in [0.717, 1.165) is 22.5 Å². The summed E-state index contributed by atoms with van der Waals surface area (Å²) >= 11 is 7.50. The Bertz CT molecular complexity index is 2110. The number of aliphatic imine (C=N–C) groups is 1. The predicted octanol–water partition coefficient (Wildman–Crippen LogP) is 12.6. The minimum absolute atomic E-state index is 0. The summed E-state index contributed by atoms with van der Waals surface area (Å²) in [5.74, 6) is -2.01. The number of aromatic nitrogens is 2. The number of rotatable bonds is 18. The molecule has 1 unspecified atom stereocenters. The molecule has 2 N–H and O–H groups in total. The van der Waals surface area contributed by atoms with Crippen LogP contribution in [0.2, 0.25) is 0 Å². The van der Waals surface area contributed by atoms with Crippen molar-refractivity contribution in [3.8, 4) is 11.4 Å². The normalized spacial score (nSPS) is 14.3. The van der Waals surface area contributed by atoms with E-state index in [1.54, 1.807) is 0 Å². The second kappa shape index (κ2) is 27.9. The third-order valence-corrected chi connectivity index (χ3v) is 11.5. The van der Waals surface area contributed by atoms with E-state index in [-0.39, 0.29) is 30.6 Å². The summed E-state index contributed by atoms with van der Waals surface area (Å²) in [6.45, 7) is 4.92. The van der Waals surface area contributed by atoms with Crippen LogP contribution in [0.5, 0.6) is 0 Å². The number of unbranched alkanes of at least 4 members (excludes halogenated alkanes) is 6. The van der Waals surface area contributed by atoms with E-state index < -0.39 is 18.0 Å². The number of aryl methyl sites for hydroxylation is 2. The van der Waals surface area contributed by atoms with Crippen molar-refractivity contribution in [1.82, 2.24) is 9.97 Å². The van der Waals surface area contributed by atoms with Crippen LogP contribution in [0.4, 0.5) is 0 Å². The smallest absolute Gasteiger partial charge is 0.753 e. The van der Waals surface area contributed by atoms with Gasteiger partial charge in [-0.15, -0.1) is 22.7 Å². The van der Waals surface area contributed by atoms with Crippen molar-refractivity contribution < 1.29 is 39.3 Å². The van der Waals surface area contributed by atoms with E-state index in [1.807, 2.05) is 35.1 Å². The van der Waals surface area contributed by atoms with Crippen LogP contribution in [0.25, 0.3) is 46.4 Å². The molecule has 2 aliphatic rings. The van der Waals surface area contributed by atoms with Gasteiger partial charge in [-0.2, -0.15) is 11.4 Å². The average molecular weight is 947 g/mol. The third-order valence-electron chi connectivity index (χ3n) is 9.29. The summed E-state index contributed by atoms with van der Waals surface area (Å²) in [5, 5.41) is 30.4. The van der Waals surface area contributed by atoms with Gasteiger partial charge in [0.15, 0.2) is 0 Å². The zero-order chi connectivity index (χ0) is 42.2. The average Bonchev–Trinajstić information content (AvgIpc) is 3.93. The van der Waals surface area contributed by atoms with Crippen molar-refractivity contribution >= 4 is 82.0 Å². The molecule has 2 aliphatic heterocycles. The number of nitrogens with zero attached hydrogens (tertiary/aromatic N) is 5. The van der Waals surface area contributed by atoms with Gasteiger partial charge in [0.05, 0.1) is 17.0 Å². The summed E-state index contributed by atoms with van der Waals surface area (Å²) in [5.41, 5.74) is 4.97. The number of hydrogen-bond acceptors (Lipinski definition) is 8. The fraction of sp³-hybridized carbons (Fsp3) is 0.319. The minimum atomic E-state index is -1.04. The second-order valence-corrected chi connectivity index (χ2v) is 16.4. The fourth-order valence-electron chi connectivity index (χ4n) is 6.17. The molecule has 60 heavy (non-hydrogen) atoms. The molecule has 6 heterocycles. The first kappa shape index (κ1) is 49.6. The van der Waals surface area contributed by atoms with E-state index in [4.69, 9.17) is 15.6 Å². The molecule has 0 aliphatic carbocycles. The van der Waals surface area contributed by atoms with Crippen molar-refractivity contribution in [3.05, 3.63) is 138 Å².